The van der Waals surface area contributed by atoms with Crippen LogP contribution in [0, 0.1) is 6.92 Å². The number of aryl methyl sites for hydroxylation is 1. The Morgan fingerprint density at radius 3 is 2.25 bits per heavy atom. The lowest BCUT2D eigenvalue weighted by molar-refractivity contribution is -0.132. The Balaban J connectivity index is 3.05. The van der Waals surface area contributed by atoms with Gasteiger partial charge in [-0.2, -0.15) is 0 Å². The number of carboxylic acid groups (broad SMARTS) is 1. The van der Waals surface area contributed by atoms with Crippen LogP contribution >= 0.6 is 0 Å². The molecule has 0 heterocycles. The SMILES string of the molecule is CCC=C(C(=O)O)C(=O)c1ccc(C)cc1. The van der Waals surface area contributed by atoms with Gasteiger partial charge >= 0.3 is 5.97 Å². The van der Waals surface area contributed by atoms with Gasteiger partial charge in [0.05, 0.1) is 0 Å². The van der Waals surface area contributed by atoms with Crippen molar-refractivity contribution < 1.29 is 14.7 Å². The molecular formula is C13H14O3. The summed E-state index contributed by atoms with van der Waals surface area (Å²) in [6.07, 6.45) is 1.96. The van der Waals surface area contributed by atoms with E-state index in [9.17, 15) is 9.59 Å². The second-order valence-electron chi connectivity index (χ2n) is 3.53. The largest absolute Gasteiger partial charge is 0.478 e. The maximum absolute atomic E-state index is 11.8. The first-order chi connectivity index (χ1) is 7.56. The summed E-state index contributed by atoms with van der Waals surface area (Å²) in [6, 6.07) is 6.87. The zero-order valence-electron chi connectivity index (χ0n) is 9.36. The Labute approximate surface area is 94.4 Å². The maximum atomic E-state index is 11.8. The lowest BCUT2D eigenvalue weighted by Crippen LogP contribution is -2.12. The fourth-order valence-corrected chi connectivity index (χ4v) is 1.34. The molecule has 0 aliphatic heterocycles. The van der Waals surface area contributed by atoms with Crippen molar-refractivity contribution in [2.24, 2.45) is 0 Å². The lowest BCUT2D eigenvalue weighted by Gasteiger charge is -2.02. The minimum absolute atomic E-state index is 0.161. The molecule has 0 aliphatic rings. The van der Waals surface area contributed by atoms with E-state index >= 15 is 0 Å². The van der Waals surface area contributed by atoms with Crippen molar-refractivity contribution in [2.45, 2.75) is 20.3 Å². The van der Waals surface area contributed by atoms with E-state index in [1.807, 2.05) is 6.92 Å². The number of hydrogen-bond donors (Lipinski definition) is 1. The van der Waals surface area contributed by atoms with Crippen LogP contribution in [0.2, 0.25) is 0 Å². The summed E-state index contributed by atoms with van der Waals surface area (Å²) < 4.78 is 0. The summed E-state index contributed by atoms with van der Waals surface area (Å²) in [5, 5.41) is 8.90. The summed E-state index contributed by atoms with van der Waals surface area (Å²) in [7, 11) is 0. The molecule has 0 unspecified atom stereocenters. The zero-order chi connectivity index (χ0) is 12.1. The fraction of sp³-hybridized carbons (Fsp3) is 0.231. The number of Topliss-reactive ketones (excluding diaryl/α,β-unsaturated/α-hetero) is 1. The summed E-state index contributed by atoms with van der Waals surface area (Å²) in [5.74, 6) is -1.61. The van der Waals surface area contributed by atoms with Crippen molar-refractivity contribution in [1.82, 2.24) is 0 Å². The summed E-state index contributed by atoms with van der Waals surface area (Å²) >= 11 is 0. The first kappa shape index (κ1) is 12.2. The minimum Gasteiger partial charge on any atom is -0.478 e. The number of rotatable bonds is 4. The third-order valence-electron chi connectivity index (χ3n) is 2.20. The molecule has 0 atom stereocenters. The van der Waals surface area contributed by atoms with Crippen molar-refractivity contribution in [3.05, 3.63) is 47.0 Å². The molecule has 84 valence electrons. The third-order valence-corrected chi connectivity index (χ3v) is 2.20. The molecule has 1 N–H and O–H groups in total. The number of carbonyl (C=O) groups excluding carboxylic acids is 1. The van der Waals surface area contributed by atoms with Gasteiger partial charge in [0.2, 0.25) is 0 Å². The second-order valence-corrected chi connectivity index (χ2v) is 3.53. The summed E-state index contributed by atoms with van der Waals surface area (Å²) in [4.78, 5) is 22.7. The molecule has 3 heteroatoms. The van der Waals surface area contributed by atoms with E-state index in [2.05, 4.69) is 0 Å². The van der Waals surface area contributed by atoms with Gasteiger partial charge in [0.25, 0.3) is 0 Å². The van der Waals surface area contributed by atoms with Gasteiger partial charge in [0.15, 0.2) is 5.78 Å². The highest BCUT2D eigenvalue weighted by molar-refractivity contribution is 6.23. The monoisotopic (exact) mass is 218 g/mol. The molecule has 0 spiro atoms. The number of ketones is 1. The Bertz CT molecular complexity index is 427. The van der Waals surface area contributed by atoms with Crippen molar-refractivity contribution in [1.29, 1.82) is 0 Å². The lowest BCUT2D eigenvalue weighted by atomic mass is 10.0. The average molecular weight is 218 g/mol. The predicted octanol–water partition coefficient (Wildman–Crippen LogP) is 2.60. The minimum atomic E-state index is -1.17. The molecule has 0 radical (unpaired) electrons. The number of carboxylic acids is 1. The van der Waals surface area contributed by atoms with Crippen molar-refractivity contribution in [2.75, 3.05) is 0 Å². The molecule has 0 bridgehead atoms. The van der Waals surface area contributed by atoms with Gasteiger partial charge in [-0.3, -0.25) is 4.79 Å². The predicted molar refractivity (Wildman–Crippen MR) is 61.5 cm³/mol. The zero-order valence-corrected chi connectivity index (χ0v) is 9.36. The van der Waals surface area contributed by atoms with Crippen LogP contribution in [0.15, 0.2) is 35.9 Å². The summed E-state index contributed by atoms with van der Waals surface area (Å²) in [5.41, 5.74) is 1.28. The van der Waals surface area contributed by atoms with Gasteiger partial charge in [0.1, 0.15) is 5.57 Å². The quantitative estimate of drug-likeness (QED) is 0.366. The number of carbonyl (C=O) groups is 2. The average Bonchev–Trinajstić information content (AvgIpc) is 2.25. The van der Waals surface area contributed by atoms with Crippen molar-refractivity contribution >= 4 is 11.8 Å². The summed E-state index contributed by atoms with van der Waals surface area (Å²) in [6.45, 7) is 3.71. The first-order valence-electron chi connectivity index (χ1n) is 5.11. The highest BCUT2D eigenvalue weighted by Crippen LogP contribution is 2.11. The van der Waals surface area contributed by atoms with Crippen LogP contribution < -0.4 is 0 Å². The van der Waals surface area contributed by atoms with E-state index in [1.165, 1.54) is 6.08 Å². The Hall–Kier alpha value is -1.90. The molecule has 0 aromatic heterocycles. The molecule has 0 saturated heterocycles. The molecular weight excluding hydrogens is 204 g/mol. The van der Waals surface area contributed by atoms with E-state index in [-0.39, 0.29) is 5.57 Å². The smallest absolute Gasteiger partial charge is 0.339 e. The Morgan fingerprint density at radius 2 is 1.81 bits per heavy atom. The number of benzene rings is 1. The van der Waals surface area contributed by atoms with Crippen LogP contribution in [-0.4, -0.2) is 16.9 Å². The first-order valence-corrected chi connectivity index (χ1v) is 5.11. The van der Waals surface area contributed by atoms with Gasteiger partial charge in [-0.15, -0.1) is 0 Å². The van der Waals surface area contributed by atoms with Crippen LogP contribution in [0.1, 0.15) is 29.3 Å². The van der Waals surface area contributed by atoms with Crippen LogP contribution in [-0.2, 0) is 4.79 Å². The van der Waals surface area contributed by atoms with Crippen LogP contribution in [0.5, 0.6) is 0 Å². The van der Waals surface area contributed by atoms with Gasteiger partial charge in [-0.05, 0) is 13.3 Å². The molecule has 0 fully saturated rings. The van der Waals surface area contributed by atoms with E-state index < -0.39 is 11.8 Å². The standard InChI is InChI=1S/C13H14O3/c1-3-4-11(13(15)16)12(14)10-7-5-9(2)6-8-10/h4-8H,3H2,1-2H3,(H,15,16). The molecule has 1 aromatic carbocycles. The highest BCUT2D eigenvalue weighted by atomic mass is 16.4. The molecule has 0 amide bonds. The Kier molecular flexibility index (Phi) is 4.00. The van der Waals surface area contributed by atoms with Gasteiger partial charge in [-0.25, -0.2) is 4.79 Å². The maximum Gasteiger partial charge on any atom is 0.339 e. The van der Waals surface area contributed by atoms with Crippen molar-refractivity contribution in [3.8, 4) is 0 Å². The number of hydrogen-bond acceptors (Lipinski definition) is 2. The highest BCUT2D eigenvalue weighted by Gasteiger charge is 2.17. The van der Waals surface area contributed by atoms with Gasteiger partial charge < -0.3 is 5.11 Å². The van der Waals surface area contributed by atoms with Crippen LogP contribution in [0.25, 0.3) is 0 Å². The van der Waals surface area contributed by atoms with Gasteiger partial charge in [0, 0.05) is 5.56 Å². The fourth-order valence-electron chi connectivity index (χ4n) is 1.34. The van der Waals surface area contributed by atoms with E-state index in [0.717, 1.165) is 5.56 Å². The normalized spacial score (nSPS) is 11.2. The van der Waals surface area contributed by atoms with E-state index in [1.54, 1.807) is 31.2 Å². The molecule has 0 aliphatic carbocycles. The molecule has 3 nitrogen and oxygen atoms in total. The second kappa shape index (κ2) is 5.26. The van der Waals surface area contributed by atoms with E-state index in [0.29, 0.717) is 12.0 Å². The molecule has 0 saturated carbocycles. The molecule has 1 aromatic rings. The van der Waals surface area contributed by atoms with E-state index in [4.69, 9.17) is 5.11 Å². The Morgan fingerprint density at radius 1 is 1.25 bits per heavy atom. The van der Waals surface area contributed by atoms with Crippen LogP contribution in [0.4, 0.5) is 0 Å². The molecule has 1 rings (SSSR count). The third kappa shape index (κ3) is 2.79. The topological polar surface area (TPSA) is 54.4 Å². The van der Waals surface area contributed by atoms with Crippen molar-refractivity contribution in [3.63, 3.8) is 0 Å². The molecule has 16 heavy (non-hydrogen) atoms. The van der Waals surface area contributed by atoms with Gasteiger partial charge in [-0.1, -0.05) is 42.8 Å². The number of allylic oxidation sites excluding steroid dienone is 1. The van der Waals surface area contributed by atoms with Crippen LogP contribution in [0.3, 0.4) is 0 Å². The number of aliphatic carboxylic acids is 1.